The quantitative estimate of drug-likeness (QED) is 0.864. The van der Waals surface area contributed by atoms with Crippen molar-refractivity contribution >= 4 is 21.8 Å². The predicted octanol–water partition coefficient (Wildman–Crippen LogP) is 3.20. The van der Waals surface area contributed by atoms with Crippen molar-refractivity contribution in [1.82, 2.24) is 4.90 Å². The zero-order chi connectivity index (χ0) is 17.1. The van der Waals surface area contributed by atoms with Gasteiger partial charge in [0.15, 0.2) is 0 Å². The Morgan fingerprint density at radius 1 is 1.17 bits per heavy atom. The molecule has 1 heterocycles. The third-order valence-corrected chi connectivity index (χ3v) is 5.04. The number of fused-ring (bicyclic) bond motifs is 1. The van der Waals surface area contributed by atoms with E-state index >= 15 is 0 Å². The normalized spacial score (nSPS) is 13.8. The molecule has 0 radical (unpaired) electrons. The second kappa shape index (κ2) is 7.06. The Morgan fingerprint density at radius 3 is 2.67 bits per heavy atom. The number of phenols is 1. The van der Waals surface area contributed by atoms with Crippen LogP contribution in [0.15, 0.2) is 40.9 Å². The summed E-state index contributed by atoms with van der Waals surface area (Å²) in [4.78, 5) is 14.5. The number of halogens is 1. The monoisotopic (exact) mass is 384 g/mol. The largest absolute Gasteiger partial charge is 0.508 e. The maximum absolute atomic E-state index is 12.6. The molecule has 1 aliphatic rings. The Labute approximate surface area is 149 Å². The molecule has 0 bridgehead atoms. The Bertz CT molecular complexity index is 827. The fraction of sp³-hybridized carbons (Fsp3) is 0.263. The van der Waals surface area contributed by atoms with Gasteiger partial charge in [-0.05, 0) is 69.7 Å². The lowest BCUT2D eigenvalue weighted by molar-refractivity contribution is -0.130. The summed E-state index contributed by atoms with van der Waals surface area (Å²) in [6, 6.07) is 13.0. The Morgan fingerprint density at radius 2 is 1.92 bits per heavy atom. The van der Waals surface area contributed by atoms with Gasteiger partial charge in [-0.1, -0.05) is 12.1 Å². The number of amides is 1. The van der Waals surface area contributed by atoms with Crippen LogP contribution in [0.3, 0.4) is 0 Å². The molecule has 2 aromatic carbocycles. The molecule has 1 amide bonds. The summed E-state index contributed by atoms with van der Waals surface area (Å²) < 4.78 is 0.742. The number of aromatic hydroxyl groups is 1. The van der Waals surface area contributed by atoms with Crippen molar-refractivity contribution in [3.8, 4) is 11.8 Å². The number of hydrogen-bond acceptors (Lipinski definition) is 3. The van der Waals surface area contributed by atoms with Crippen LogP contribution >= 0.6 is 15.9 Å². The molecule has 0 aliphatic carbocycles. The van der Waals surface area contributed by atoms with Gasteiger partial charge in [0.2, 0.25) is 5.91 Å². The molecule has 0 unspecified atom stereocenters. The SMILES string of the molecule is N#Cc1cc(CC(=O)N2CCc3ccc(O)cc3CC2)ccc1Br. The highest BCUT2D eigenvalue weighted by molar-refractivity contribution is 9.10. The summed E-state index contributed by atoms with van der Waals surface area (Å²) in [5.41, 5.74) is 3.69. The molecule has 0 atom stereocenters. The van der Waals surface area contributed by atoms with Crippen LogP contribution < -0.4 is 0 Å². The Balaban J connectivity index is 1.70. The van der Waals surface area contributed by atoms with Gasteiger partial charge in [-0.2, -0.15) is 5.26 Å². The summed E-state index contributed by atoms with van der Waals surface area (Å²) in [6.07, 6.45) is 1.84. The number of carbonyl (C=O) groups excluding carboxylic acids is 1. The third-order valence-electron chi connectivity index (χ3n) is 4.35. The molecule has 1 N–H and O–H groups in total. The van der Waals surface area contributed by atoms with Gasteiger partial charge in [0.1, 0.15) is 11.8 Å². The number of rotatable bonds is 2. The lowest BCUT2D eigenvalue weighted by Gasteiger charge is -2.20. The number of carbonyl (C=O) groups is 1. The van der Waals surface area contributed by atoms with Crippen molar-refractivity contribution in [2.75, 3.05) is 13.1 Å². The van der Waals surface area contributed by atoms with Gasteiger partial charge in [0.05, 0.1) is 12.0 Å². The van der Waals surface area contributed by atoms with Crippen molar-refractivity contribution in [3.05, 3.63) is 63.1 Å². The summed E-state index contributed by atoms with van der Waals surface area (Å²) in [5.74, 6) is 0.339. The van der Waals surface area contributed by atoms with Crippen LogP contribution in [-0.2, 0) is 24.1 Å². The lowest BCUT2D eigenvalue weighted by Crippen LogP contribution is -2.34. The van der Waals surface area contributed by atoms with Crippen LogP contribution in [0.2, 0.25) is 0 Å². The number of hydrogen-bond donors (Lipinski definition) is 1. The first-order valence-corrected chi connectivity index (χ1v) is 8.63. The second-order valence-corrected chi connectivity index (χ2v) is 6.79. The van der Waals surface area contributed by atoms with Crippen LogP contribution in [0.4, 0.5) is 0 Å². The van der Waals surface area contributed by atoms with Crippen molar-refractivity contribution in [1.29, 1.82) is 5.26 Å². The molecule has 5 heteroatoms. The second-order valence-electron chi connectivity index (χ2n) is 5.94. The third kappa shape index (κ3) is 3.60. The van der Waals surface area contributed by atoms with Crippen molar-refractivity contribution in [3.63, 3.8) is 0 Å². The molecule has 0 saturated carbocycles. The van der Waals surface area contributed by atoms with Gasteiger partial charge < -0.3 is 10.0 Å². The van der Waals surface area contributed by atoms with Gasteiger partial charge in [0, 0.05) is 17.6 Å². The standard InChI is InChI=1S/C19H17BrN2O2/c20-18-4-1-13(9-16(18)12-21)10-19(24)22-7-5-14-2-3-17(23)11-15(14)6-8-22/h1-4,9,11,23H,5-8,10H2. The molecule has 122 valence electrons. The van der Waals surface area contributed by atoms with E-state index in [0.29, 0.717) is 25.1 Å². The highest BCUT2D eigenvalue weighted by Crippen LogP contribution is 2.22. The molecule has 0 spiro atoms. The minimum Gasteiger partial charge on any atom is -0.508 e. The van der Waals surface area contributed by atoms with Crippen LogP contribution in [0.25, 0.3) is 0 Å². The van der Waals surface area contributed by atoms with Crippen molar-refractivity contribution in [2.24, 2.45) is 0 Å². The van der Waals surface area contributed by atoms with Crippen LogP contribution in [0.5, 0.6) is 5.75 Å². The topological polar surface area (TPSA) is 64.3 Å². The number of phenolic OH excluding ortho intramolecular Hbond substituents is 1. The molecule has 2 aromatic rings. The van der Waals surface area contributed by atoms with E-state index in [1.807, 2.05) is 23.1 Å². The molecule has 1 aliphatic heterocycles. The minimum absolute atomic E-state index is 0.0678. The average Bonchev–Trinajstić information content (AvgIpc) is 2.78. The summed E-state index contributed by atoms with van der Waals surface area (Å²) >= 11 is 3.33. The fourth-order valence-corrected chi connectivity index (χ4v) is 3.35. The predicted molar refractivity (Wildman–Crippen MR) is 94.7 cm³/mol. The van der Waals surface area contributed by atoms with E-state index in [-0.39, 0.29) is 11.7 Å². The number of nitriles is 1. The highest BCUT2D eigenvalue weighted by atomic mass is 79.9. The smallest absolute Gasteiger partial charge is 0.227 e. The molecule has 4 nitrogen and oxygen atoms in total. The average molecular weight is 385 g/mol. The Hall–Kier alpha value is -2.32. The fourth-order valence-electron chi connectivity index (χ4n) is 3.02. The van der Waals surface area contributed by atoms with Crippen molar-refractivity contribution in [2.45, 2.75) is 19.3 Å². The van der Waals surface area contributed by atoms with E-state index in [4.69, 9.17) is 5.26 Å². The molecular formula is C19H17BrN2O2. The number of nitrogens with zero attached hydrogens (tertiary/aromatic N) is 2. The highest BCUT2D eigenvalue weighted by Gasteiger charge is 2.19. The maximum atomic E-state index is 12.6. The Kier molecular flexibility index (Phi) is 4.86. The molecule has 0 aromatic heterocycles. The van der Waals surface area contributed by atoms with Gasteiger partial charge in [0.25, 0.3) is 0 Å². The number of benzene rings is 2. The van der Waals surface area contributed by atoms with E-state index in [1.54, 1.807) is 18.2 Å². The zero-order valence-corrected chi connectivity index (χ0v) is 14.7. The minimum atomic E-state index is 0.0678. The van der Waals surface area contributed by atoms with Gasteiger partial charge in [-0.15, -0.1) is 0 Å². The summed E-state index contributed by atoms with van der Waals surface area (Å²) in [5, 5.41) is 18.7. The molecule has 0 saturated heterocycles. The van der Waals surface area contributed by atoms with E-state index in [0.717, 1.165) is 28.4 Å². The molecule has 3 rings (SSSR count). The molecule has 0 fully saturated rings. The van der Waals surface area contributed by atoms with Gasteiger partial charge in [-0.25, -0.2) is 0 Å². The van der Waals surface area contributed by atoms with Gasteiger partial charge in [-0.3, -0.25) is 4.79 Å². The van der Waals surface area contributed by atoms with Gasteiger partial charge >= 0.3 is 0 Å². The van der Waals surface area contributed by atoms with Crippen LogP contribution in [0.1, 0.15) is 22.3 Å². The molecule has 24 heavy (non-hydrogen) atoms. The van der Waals surface area contributed by atoms with E-state index in [9.17, 15) is 9.90 Å². The first-order valence-electron chi connectivity index (χ1n) is 7.84. The first-order chi connectivity index (χ1) is 11.6. The maximum Gasteiger partial charge on any atom is 0.227 e. The summed E-state index contributed by atoms with van der Waals surface area (Å²) in [7, 11) is 0. The van der Waals surface area contributed by atoms with Crippen LogP contribution in [0, 0.1) is 11.3 Å². The lowest BCUT2D eigenvalue weighted by atomic mass is 10.0. The van der Waals surface area contributed by atoms with Crippen LogP contribution in [-0.4, -0.2) is 29.0 Å². The zero-order valence-electron chi connectivity index (χ0n) is 13.1. The summed E-state index contributed by atoms with van der Waals surface area (Å²) in [6.45, 7) is 1.33. The van der Waals surface area contributed by atoms with Crippen molar-refractivity contribution < 1.29 is 9.90 Å². The van der Waals surface area contributed by atoms with E-state index in [1.165, 1.54) is 5.56 Å². The first kappa shape index (κ1) is 16.5. The van der Waals surface area contributed by atoms with E-state index in [2.05, 4.69) is 22.0 Å². The van der Waals surface area contributed by atoms with E-state index < -0.39 is 0 Å². The molecular weight excluding hydrogens is 368 g/mol.